The predicted molar refractivity (Wildman–Crippen MR) is 107 cm³/mol. The number of rotatable bonds is 7. The van der Waals surface area contributed by atoms with Gasteiger partial charge in [-0.2, -0.15) is 0 Å². The smallest absolute Gasteiger partial charge is 0.246 e. The van der Waals surface area contributed by atoms with Gasteiger partial charge >= 0.3 is 0 Å². The lowest BCUT2D eigenvalue weighted by atomic mass is 10.3. The second kappa shape index (κ2) is 8.79. The van der Waals surface area contributed by atoms with Crippen molar-refractivity contribution in [1.82, 2.24) is 4.31 Å². The summed E-state index contributed by atoms with van der Waals surface area (Å²) in [5, 5.41) is 6.20. The summed E-state index contributed by atoms with van der Waals surface area (Å²) in [5.41, 5.74) is 0.838. The quantitative estimate of drug-likeness (QED) is 0.701. The fraction of sp³-hybridized carbons (Fsp3) is 0.235. The van der Waals surface area contributed by atoms with Crippen molar-refractivity contribution in [3.63, 3.8) is 0 Å². The molecule has 0 spiro atoms. The maximum atomic E-state index is 12.4. The van der Waals surface area contributed by atoms with Crippen LogP contribution in [0.2, 0.25) is 10.0 Å². The van der Waals surface area contributed by atoms with E-state index in [1.54, 1.807) is 24.3 Å². The molecule has 2 aromatic carbocycles. The van der Waals surface area contributed by atoms with E-state index in [9.17, 15) is 13.2 Å². The van der Waals surface area contributed by atoms with Crippen molar-refractivity contribution in [3.8, 4) is 5.75 Å². The van der Waals surface area contributed by atoms with Gasteiger partial charge in [-0.25, -0.2) is 12.7 Å². The van der Waals surface area contributed by atoms with E-state index >= 15 is 0 Å². The summed E-state index contributed by atoms with van der Waals surface area (Å²) in [6, 6.07) is 9.41. The predicted octanol–water partition coefficient (Wildman–Crippen LogP) is 3.30. The zero-order valence-electron chi connectivity index (χ0n) is 14.9. The normalized spacial score (nSPS) is 11.3. The Morgan fingerprint density at radius 3 is 2.52 bits per heavy atom. The molecule has 0 saturated heterocycles. The van der Waals surface area contributed by atoms with E-state index in [-0.39, 0.29) is 23.1 Å². The van der Waals surface area contributed by atoms with Crippen molar-refractivity contribution in [2.45, 2.75) is 4.90 Å². The fourth-order valence-electron chi connectivity index (χ4n) is 2.17. The Kier molecular flexibility index (Phi) is 6.94. The molecule has 0 atom stereocenters. The van der Waals surface area contributed by atoms with E-state index in [1.807, 2.05) is 0 Å². The van der Waals surface area contributed by atoms with Crippen LogP contribution in [0.4, 0.5) is 11.4 Å². The third-order valence-electron chi connectivity index (χ3n) is 3.60. The van der Waals surface area contributed by atoms with Gasteiger partial charge in [0.05, 0.1) is 29.4 Å². The lowest BCUT2D eigenvalue weighted by Gasteiger charge is -2.16. The van der Waals surface area contributed by atoms with Crippen LogP contribution in [0, 0.1) is 0 Å². The molecular formula is C17H19Cl2N3O4S. The highest BCUT2D eigenvalue weighted by Gasteiger charge is 2.23. The number of nitrogens with one attached hydrogen (secondary N) is 2. The molecule has 0 bridgehead atoms. The molecule has 0 saturated carbocycles. The molecule has 10 heteroatoms. The van der Waals surface area contributed by atoms with E-state index in [0.717, 1.165) is 4.31 Å². The SMILES string of the molecule is COc1ccc(NC(=O)CNc2cccc(Cl)c2Cl)cc1S(=O)(=O)N(C)C. The third kappa shape index (κ3) is 5.04. The molecule has 0 aliphatic carbocycles. The van der Waals surface area contributed by atoms with Gasteiger partial charge in [0.1, 0.15) is 10.6 Å². The Morgan fingerprint density at radius 2 is 1.89 bits per heavy atom. The number of nitrogens with zero attached hydrogens (tertiary/aromatic N) is 1. The number of methoxy groups -OCH3 is 1. The van der Waals surface area contributed by atoms with Gasteiger partial charge in [-0.1, -0.05) is 29.3 Å². The minimum Gasteiger partial charge on any atom is -0.495 e. The number of halogens is 2. The number of hydrogen-bond acceptors (Lipinski definition) is 5. The van der Waals surface area contributed by atoms with Gasteiger partial charge in [-0.3, -0.25) is 4.79 Å². The summed E-state index contributed by atoms with van der Waals surface area (Å²) in [6.45, 7) is -0.0815. The van der Waals surface area contributed by atoms with Crippen LogP contribution < -0.4 is 15.4 Å². The Balaban J connectivity index is 2.15. The molecule has 1 amide bonds. The molecule has 2 rings (SSSR count). The average Bonchev–Trinajstić information content (AvgIpc) is 2.62. The van der Waals surface area contributed by atoms with E-state index in [2.05, 4.69) is 10.6 Å². The standard InChI is InChI=1S/C17H19Cl2N3O4S/c1-22(2)27(24,25)15-9-11(7-8-14(15)26-3)21-16(23)10-20-13-6-4-5-12(18)17(13)19/h4-9,20H,10H2,1-3H3,(H,21,23). The first-order chi connectivity index (χ1) is 12.7. The second-order valence-corrected chi connectivity index (χ2v) is 8.56. The zero-order chi connectivity index (χ0) is 20.2. The molecule has 0 radical (unpaired) electrons. The van der Waals surface area contributed by atoms with E-state index in [1.165, 1.54) is 33.3 Å². The number of sulfonamides is 1. The van der Waals surface area contributed by atoms with E-state index in [4.69, 9.17) is 27.9 Å². The zero-order valence-corrected chi connectivity index (χ0v) is 17.2. The number of carbonyl (C=O) groups excluding carboxylic acids is 1. The van der Waals surface area contributed by atoms with Crippen LogP contribution >= 0.6 is 23.2 Å². The first kappa shape index (κ1) is 21.3. The molecule has 0 aliphatic rings. The Hall–Kier alpha value is -2.00. The molecule has 0 unspecified atom stereocenters. The molecule has 0 aromatic heterocycles. The number of amides is 1. The van der Waals surface area contributed by atoms with Gasteiger partial charge in [0, 0.05) is 19.8 Å². The highest BCUT2D eigenvalue weighted by Crippen LogP contribution is 2.30. The minimum absolute atomic E-state index is 0.0429. The summed E-state index contributed by atoms with van der Waals surface area (Å²) in [5.74, 6) is -0.199. The Labute approximate surface area is 168 Å². The van der Waals surface area contributed by atoms with Crippen LogP contribution in [-0.2, 0) is 14.8 Å². The molecule has 2 N–H and O–H groups in total. The summed E-state index contributed by atoms with van der Waals surface area (Å²) in [4.78, 5) is 12.1. The first-order valence-electron chi connectivity index (χ1n) is 7.75. The van der Waals surface area contributed by atoms with Gasteiger partial charge < -0.3 is 15.4 Å². The van der Waals surface area contributed by atoms with Crippen molar-refractivity contribution < 1.29 is 17.9 Å². The van der Waals surface area contributed by atoms with Crippen molar-refractivity contribution in [1.29, 1.82) is 0 Å². The molecular weight excluding hydrogens is 413 g/mol. The lowest BCUT2D eigenvalue weighted by Crippen LogP contribution is -2.24. The Morgan fingerprint density at radius 1 is 1.19 bits per heavy atom. The number of anilines is 2. The summed E-state index contributed by atoms with van der Waals surface area (Å²) in [7, 11) is 0.472. The molecule has 7 nitrogen and oxygen atoms in total. The van der Waals surface area contributed by atoms with Crippen LogP contribution in [0.3, 0.4) is 0 Å². The number of benzene rings is 2. The first-order valence-corrected chi connectivity index (χ1v) is 9.94. The van der Waals surface area contributed by atoms with E-state index < -0.39 is 10.0 Å². The number of carbonyl (C=O) groups is 1. The highest BCUT2D eigenvalue weighted by molar-refractivity contribution is 7.89. The molecule has 0 aliphatic heterocycles. The van der Waals surface area contributed by atoms with Crippen LogP contribution in [0.15, 0.2) is 41.3 Å². The Bertz CT molecular complexity index is 949. The van der Waals surface area contributed by atoms with Crippen molar-refractivity contribution in [2.75, 3.05) is 38.4 Å². The molecule has 27 heavy (non-hydrogen) atoms. The van der Waals surface area contributed by atoms with Gasteiger partial charge in [0.25, 0.3) is 0 Å². The van der Waals surface area contributed by atoms with Gasteiger partial charge in [-0.15, -0.1) is 0 Å². The monoisotopic (exact) mass is 431 g/mol. The van der Waals surface area contributed by atoms with Crippen LogP contribution in [0.5, 0.6) is 5.75 Å². The summed E-state index contributed by atoms with van der Waals surface area (Å²) >= 11 is 12.0. The van der Waals surface area contributed by atoms with Crippen molar-refractivity contribution in [3.05, 3.63) is 46.4 Å². The van der Waals surface area contributed by atoms with Crippen LogP contribution in [0.1, 0.15) is 0 Å². The third-order valence-corrected chi connectivity index (χ3v) is 6.25. The summed E-state index contributed by atoms with van der Waals surface area (Å²) < 4.78 is 31.0. The second-order valence-electron chi connectivity index (χ2n) is 5.66. The van der Waals surface area contributed by atoms with Crippen LogP contribution in [-0.4, -0.2) is 46.4 Å². The topological polar surface area (TPSA) is 87.7 Å². The van der Waals surface area contributed by atoms with Gasteiger partial charge in [0.15, 0.2) is 0 Å². The fourth-order valence-corrected chi connectivity index (χ4v) is 3.62. The number of ether oxygens (including phenoxy) is 1. The minimum atomic E-state index is -3.73. The van der Waals surface area contributed by atoms with Crippen molar-refractivity contribution in [2.24, 2.45) is 0 Å². The van der Waals surface area contributed by atoms with Crippen LogP contribution in [0.25, 0.3) is 0 Å². The molecule has 0 fully saturated rings. The van der Waals surface area contributed by atoms with Gasteiger partial charge in [0.2, 0.25) is 15.9 Å². The molecule has 146 valence electrons. The molecule has 0 heterocycles. The summed E-state index contributed by atoms with van der Waals surface area (Å²) in [6.07, 6.45) is 0. The lowest BCUT2D eigenvalue weighted by molar-refractivity contribution is -0.114. The maximum absolute atomic E-state index is 12.4. The van der Waals surface area contributed by atoms with E-state index in [0.29, 0.717) is 21.4 Å². The number of hydrogen-bond donors (Lipinski definition) is 2. The largest absolute Gasteiger partial charge is 0.495 e. The highest BCUT2D eigenvalue weighted by atomic mass is 35.5. The maximum Gasteiger partial charge on any atom is 0.246 e. The van der Waals surface area contributed by atoms with Crippen molar-refractivity contribution >= 4 is 50.5 Å². The molecule has 2 aromatic rings. The average molecular weight is 432 g/mol. The van der Waals surface area contributed by atoms with Gasteiger partial charge in [-0.05, 0) is 30.3 Å².